The van der Waals surface area contributed by atoms with Crippen molar-refractivity contribution in [2.24, 2.45) is 10.9 Å². The first-order chi connectivity index (χ1) is 8.31. The second kappa shape index (κ2) is 6.53. The van der Waals surface area contributed by atoms with Gasteiger partial charge in [0.15, 0.2) is 5.96 Å². The van der Waals surface area contributed by atoms with Gasteiger partial charge in [0, 0.05) is 24.4 Å². The molecule has 0 aromatic rings. The number of guanidine groups is 1. The van der Waals surface area contributed by atoms with Crippen LogP contribution >= 0.6 is 11.8 Å². The Morgan fingerprint density at radius 3 is 2.71 bits per heavy atom. The van der Waals surface area contributed by atoms with Crippen LogP contribution < -0.4 is 10.6 Å². The van der Waals surface area contributed by atoms with Crippen LogP contribution in [0.3, 0.4) is 0 Å². The van der Waals surface area contributed by atoms with Gasteiger partial charge in [-0.3, -0.25) is 4.99 Å². The van der Waals surface area contributed by atoms with Crippen LogP contribution in [-0.2, 0) is 0 Å². The van der Waals surface area contributed by atoms with Crippen molar-refractivity contribution < 1.29 is 0 Å². The molecule has 0 spiro atoms. The Hall–Kier alpha value is -0.380. The number of hydrogen-bond acceptors (Lipinski definition) is 2. The zero-order valence-corrected chi connectivity index (χ0v) is 11.9. The molecule has 0 radical (unpaired) electrons. The number of aliphatic imine (C=N–C) groups is 1. The Bertz CT molecular complexity index is 263. The lowest BCUT2D eigenvalue weighted by molar-refractivity contribution is 0.613. The minimum Gasteiger partial charge on any atom is -0.357 e. The van der Waals surface area contributed by atoms with E-state index >= 15 is 0 Å². The molecule has 0 heterocycles. The van der Waals surface area contributed by atoms with Gasteiger partial charge in [-0.15, -0.1) is 0 Å². The van der Waals surface area contributed by atoms with Crippen LogP contribution in [-0.4, -0.2) is 36.6 Å². The smallest absolute Gasteiger partial charge is 0.191 e. The second-order valence-electron chi connectivity index (χ2n) is 5.18. The van der Waals surface area contributed by atoms with E-state index in [1.54, 1.807) is 0 Å². The van der Waals surface area contributed by atoms with Gasteiger partial charge in [0.25, 0.3) is 0 Å². The summed E-state index contributed by atoms with van der Waals surface area (Å²) in [5.74, 6) is 1.90. The fourth-order valence-electron chi connectivity index (χ4n) is 2.32. The van der Waals surface area contributed by atoms with Gasteiger partial charge >= 0.3 is 0 Å². The molecule has 2 aliphatic carbocycles. The van der Waals surface area contributed by atoms with Crippen LogP contribution in [0.4, 0.5) is 0 Å². The number of nitrogens with one attached hydrogen (secondary N) is 2. The lowest BCUT2D eigenvalue weighted by Crippen LogP contribution is -2.42. The van der Waals surface area contributed by atoms with Gasteiger partial charge in [-0.1, -0.05) is 0 Å². The normalized spacial score (nSPS) is 29.4. The summed E-state index contributed by atoms with van der Waals surface area (Å²) in [5.41, 5.74) is 0. The maximum atomic E-state index is 4.68. The van der Waals surface area contributed by atoms with Crippen molar-refractivity contribution in [3.8, 4) is 0 Å². The third-order valence-electron chi connectivity index (χ3n) is 3.61. The van der Waals surface area contributed by atoms with Crippen molar-refractivity contribution in [2.75, 3.05) is 19.3 Å². The van der Waals surface area contributed by atoms with E-state index in [9.17, 15) is 0 Å². The van der Waals surface area contributed by atoms with Crippen molar-refractivity contribution in [3.63, 3.8) is 0 Å². The largest absolute Gasteiger partial charge is 0.357 e. The number of thioether (sulfide) groups is 1. The molecule has 3 nitrogen and oxygen atoms in total. The van der Waals surface area contributed by atoms with Crippen molar-refractivity contribution >= 4 is 17.7 Å². The van der Waals surface area contributed by atoms with Crippen LogP contribution in [0.5, 0.6) is 0 Å². The Morgan fingerprint density at radius 2 is 2.12 bits per heavy atom. The van der Waals surface area contributed by atoms with Crippen molar-refractivity contribution in [2.45, 2.75) is 50.3 Å². The van der Waals surface area contributed by atoms with E-state index in [4.69, 9.17) is 0 Å². The van der Waals surface area contributed by atoms with E-state index in [-0.39, 0.29) is 0 Å². The monoisotopic (exact) mass is 255 g/mol. The van der Waals surface area contributed by atoms with Crippen molar-refractivity contribution in [1.29, 1.82) is 0 Å². The third kappa shape index (κ3) is 4.41. The highest BCUT2D eigenvalue weighted by Gasteiger charge is 2.25. The first kappa shape index (κ1) is 13.1. The highest BCUT2D eigenvalue weighted by Crippen LogP contribution is 2.29. The standard InChI is InChI=1S/C13H25N3S/c1-3-14-13(15-9-10-4-5-10)16-11-6-7-12(8-11)17-2/h10-12H,3-9H2,1-2H3,(H2,14,15,16). The average molecular weight is 255 g/mol. The van der Waals surface area contributed by atoms with Crippen molar-refractivity contribution in [1.82, 2.24) is 10.6 Å². The summed E-state index contributed by atoms with van der Waals surface area (Å²) in [7, 11) is 0. The molecule has 2 unspecified atom stereocenters. The molecule has 2 saturated carbocycles. The zero-order valence-electron chi connectivity index (χ0n) is 11.0. The van der Waals surface area contributed by atoms with Crippen LogP contribution in [0.25, 0.3) is 0 Å². The van der Waals surface area contributed by atoms with E-state index in [1.165, 1.54) is 32.1 Å². The summed E-state index contributed by atoms with van der Waals surface area (Å²) >= 11 is 2.00. The Morgan fingerprint density at radius 1 is 1.29 bits per heavy atom. The van der Waals surface area contributed by atoms with E-state index in [0.29, 0.717) is 6.04 Å². The quantitative estimate of drug-likeness (QED) is 0.584. The van der Waals surface area contributed by atoms with Crippen LogP contribution in [0.15, 0.2) is 4.99 Å². The van der Waals surface area contributed by atoms with E-state index in [1.807, 2.05) is 11.8 Å². The van der Waals surface area contributed by atoms with Gasteiger partial charge < -0.3 is 10.6 Å². The van der Waals surface area contributed by atoms with Crippen molar-refractivity contribution in [3.05, 3.63) is 0 Å². The Kier molecular flexibility index (Phi) is 5.01. The summed E-state index contributed by atoms with van der Waals surface area (Å²) in [6.45, 7) is 4.09. The molecule has 98 valence electrons. The SMILES string of the molecule is CCNC(=NCC1CC1)NC1CCC(SC)C1. The molecule has 0 aromatic heterocycles. The van der Waals surface area contributed by atoms with E-state index < -0.39 is 0 Å². The minimum absolute atomic E-state index is 0.629. The minimum atomic E-state index is 0.629. The van der Waals surface area contributed by atoms with Crippen LogP contribution in [0.2, 0.25) is 0 Å². The Balaban J connectivity index is 1.77. The first-order valence-corrected chi connectivity index (χ1v) is 8.18. The zero-order chi connectivity index (χ0) is 12.1. The Labute approximate surface area is 109 Å². The average Bonchev–Trinajstić information content (AvgIpc) is 3.05. The fraction of sp³-hybridized carbons (Fsp3) is 0.923. The molecule has 0 aliphatic heterocycles. The molecule has 0 amide bonds. The molecule has 4 heteroatoms. The van der Waals surface area contributed by atoms with Gasteiger partial charge in [-0.2, -0.15) is 11.8 Å². The molecule has 0 saturated heterocycles. The number of hydrogen-bond donors (Lipinski definition) is 2. The maximum Gasteiger partial charge on any atom is 0.191 e. The van der Waals surface area contributed by atoms with Gasteiger partial charge in [0.2, 0.25) is 0 Å². The lowest BCUT2D eigenvalue weighted by atomic mass is 10.2. The van der Waals surface area contributed by atoms with Gasteiger partial charge in [-0.05, 0) is 51.2 Å². The number of rotatable bonds is 5. The van der Waals surface area contributed by atoms with Gasteiger partial charge in [0.05, 0.1) is 0 Å². The highest BCUT2D eigenvalue weighted by molar-refractivity contribution is 7.99. The predicted octanol–water partition coefficient (Wildman–Crippen LogP) is 2.24. The molecule has 2 rings (SSSR count). The van der Waals surface area contributed by atoms with E-state index in [2.05, 4.69) is 28.8 Å². The summed E-state index contributed by atoms with van der Waals surface area (Å²) in [6.07, 6.45) is 8.90. The summed E-state index contributed by atoms with van der Waals surface area (Å²) < 4.78 is 0. The molecule has 2 atom stereocenters. The molecule has 2 fully saturated rings. The topological polar surface area (TPSA) is 36.4 Å². The first-order valence-electron chi connectivity index (χ1n) is 6.89. The van der Waals surface area contributed by atoms with Crippen LogP contribution in [0.1, 0.15) is 39.0 Å². The lowest BCUT2D eigenvalue weighted by Gasteiger charge is -2.17. The maximum absolute atomic E-state index is 4.68. The second-order valence-corrected chi connectivity index (χ2v) is 6.31. The molecule has 17 heavy (non-hydrogen) atoms. The van der Waals surface area contributed by atoms with Crippen LogP contribution in [0, 0.1) is 5.92 Å². The molecule has 0 aromatic carbocycles. The highest BCUT2D eigenvalue weighted by atomic mass is 32.2. The van der Waals surface area contributed by atoms with Gasteiger partial charge in [0.1, 0.15) is 0 Å². The summed E-state index contributed by atoms with van der Waals surface area (Å²) in [5, 5.41) is 7.79. The number of nitrogens with zero attached hydrogens (tertiary/aromatic N) is 1. The molecular weight excluding hydrogens is 230 g/mol. The summed E-state index contributed by atoms with van der Waals surface area (Å²) in [6, 6.07) is 0.629. The third-order valence-corrected chi connectivity index (χ3v) is 4.70. The van der Waals surface area contributed by atoms with Gasteiger partial charge in [-0.25, -0.2) is 0 Å². The molecule has 2 aliphatic rings. The molecule has 0 bridgehead atoms. The summed E-state index contributed by atoms with van der Waals surface area (Å²) in [4.78, 5) is 4.68. The van der Waals surface area contributed by atoms with E-state index in [0.717, 1.165) is 30.2 Å². The molecule has 2 N–H and O–H groups in total. The molecular formula is C13H25N3S. The predicted molar refractivity (Wildman–Crippen MR) is 76.8 cm³/mol. The fourth-order valence-corrected chi connectivity index (χ4v) is 3.12.